The summed E-state index contributed by atoms with van der Waals surface area (Å²) in [6.07, 6.45) is 0.334. The first-order valence-corrected chi connectivity index (χ1v) is 9.08. The number of nitrogens with one attached hydrogen (secondary N) is 1. The van der Waals surface area contributed by atoms with Crippen LogP contribution in [0.25, 0.3) is 0 Å². The van der Waals surface area contributed by atoms with Crippen molar-refractivity contribution in [3.05, 3.63) is 30.3 Å². The molecule has 2 aliphatic heterocycles. The van der Waals surface area contributed by atoms with Crippen LogP contribution in [0.3, 0.4) is 0 Å². The minimum atomic E-state index is -0.423. The number of nitrogens with zero attached hydrogens (tertiary/aromatic N) is 3. The van der Waals surface area contributed by atoms with E-state index in [2.05, 4.69) is 15.3 Å². The van der Waals surface area contributed by atoms with Gasteiger partial charge in [-0.2, -0.15) is 5.10 Å². The van der Waals surface area contributed by atoms with E-state index in [9.17, 15) is 9.59 Å². The summed E-state index contributed by atoms with van der Waals surface area (Å²) in [5, 5.41) is 9.11. The fourth-order valence-corrected chi connectivity index (χ4v) is 3.31. The van der Waals surface area contributed by atoms with Gasteiger partial charge < -0.3 is 10.1 Å². The van der Waals surface area contributed by atoms with Gasteiger partial charge in [-0.15, -0.1) is 0 Å². The van der Waals surface area contributed by atoms with Crippen molar-refractivity contribution in [3.63, 3.8) is 0 Å². The molecule has 0 aliphatic carbocycles. The number of anilines is 1. The Kier molecular flexibility index (Phi) is 6.00. The normalized spacial score (nSPS) is 22.0. The molecule has 0 aromatic heterocycles. The van der Waals surface area contributed by atoms with Crippen molar-refractivity contribution in [2.45, 2.75) is 32.4 Å². The number of ether oxygens (including phenoxy) is 1. The number of benzene rings is 1. The number of hydrogen-bond acceptors (Lipinski definition) is 6. The van der Waals surface area contributed by atoms with Crippen molar-refractivity contribution in [2.75, 3.05) is 37.9 Å². The van der Waals surface area contributed by atoms with E-state index in [0.29, 0.717) is 12.1 Å². The Morgan fingerprint density at radius 1 is 1.27 bits per heavy atom. The van der Waals surface area contributed by atoms with Crippen molar-refractivity contribution in [1.82, 2.24) is 10.2 Å². The number of hydrazone groups is 1. The highest BCUT2D eigenvalue weighted by molar-refractivity contribution is 6.40. The molecule has 3 rings (SSSR count). The smallest absolute Gasteiger partial charge is 0.267 e. The summed E-state index contributed by atoms with van der Waals surface area (Å²) in [6.45, 7) is 7.54. The Labute approximate surface area is 154 Å². The van der Waals surface area contributed by atoms with Crippen molar-refractivity contribution >= 4 is 23.1 Å². The number of rotatable bonds is 6. The molecule has 1 N–H and O–H groups in total. The Bertz CT molecular complexity index is 671. The number of morpholine rings is 1. The van der Waals surface area contributed by atoms with Crippen LogP contribution in [0.2, 0.25) is 0 Å². The van der Waals surface area contributed by atoms with E-state index in [1.807, 2.05) is 37.3 Å². The van der Waals surface area contributed by atoms with Crippen LogP contribution in [0.15, 0.2) is 35.4 Å². The third-order valence-corrected chi connectivity index (χ3v) is 4.68. The zero-order valence-corrected chi connectivity index (χ0v) is 15.4. The highest BCUT2D eigenvalue weighted by Crippen LogP contribution is 2.25. The number of hydrogen-bond donors (Lipinski definition) is 1. The fourth-order valence-electron chi connectivity index (χ4n) is 3.31. The molecule has 1 saturated heterocycles. The molecule has 0 saturated carbocycles. The lowest BCUT2D eigenvalue weighted by atomic mass is 10.1. The maximum absolute atomic E-state index is 12.6. The molecule has 26 heavy (non-hydrogen) atoms. The first kappa shape index (κ1) is 18.5. The summed E-state index contributed by atoms with van der Waals surface area (Å²) < 4.78 is 5.35. The molecular formula is C19H26N4O3. The number of Topliss-reactive ketones (excluding diaryl/α,β-unsaturated/α-hetero) is 1. The predicted octanol–water partition coefficient (Wildman–Crippen LogP) is 1.05. The van der Waals surface area contributed by atoms with Crippen LogP contribution in [-0.4, -0.2) is 67.2 Å². The minimum Gasteiger partial charge on any atom is -0.379 e. The zero-order valence-electron chi connectivity index (χ0n) is 15.4. The van der Waals surface area contributed by atoms with Crippen molar-refractivity contribution in [1.29, 1.82) is 0 Å². The van der Waals surface area contributed by atoms with E-state index in [1.165, 1.54) is 6.92 Å². The van der Waals surface area contributed by atoms with E-state index in [-0.39, 0.29) is 17.7 Å². The van der Waals surface area contributed by atoms with Crippen LogP contribution in [0.5, 0.6) is 0 Å². The lowest BCUT2D eigenvalue weighted by molar-refractivity contribution is -0.118. The maximum atomic E-state index is 12.6. The van der Waals surface area contributed by atoms with Crippen LogP contribution in [0.4, 0.5) is 5.69 Å². The third-order valence-electron chi connectivity index (χ3n) is 4.68. The number of ketones is 1. The monoisotopic (exact) mass is 358 g/mol. The predicted molar refractivity (Wildman–Crippen MR) is 100 cm³/mol. The van der Waals surface area contributed by atoms with Gasteiger partial charge in [0.2, 0.25) is 0 Å². The third kappa shape index (κ3) is 4.47. The van der Waals surface area contributed by atoms with Gasteiger partial charge in [-0.3, -0.25) is 19.5 Å². The van der Waals surface area contributed by atoms with Crippen molar-refractivity contribution in [2.24, 2.45) is 5.10 Å². The summed E-state index contributed by atoms with van der Waals surface area (Å²) in [4.78, 5) is 26.9. The molecule has 1 aromatic carbocycles. The molecule has 7 nitrogen and oxygen atoms in total. The van der Waals surface area contributed by atoms with Crippen LogP contribution in [0, 0.1) is 0 Å². The second kappa shape index (κ2) is 8.42. The Hall–Kier alpha value is -2.25. The van der Waals surface area contributed by atoms with Gasteiger partial charge in [0.05, 0.1) is 18.9 Å². The van der Waals surface area contributed by atoms with Gasteiger partial charge in [-0.05, 0) is 26.0 Å². The molecule has 2 atom stereocenters. The largest absolute Gasteiger partial charge is 0.379 e. The summed E-state index contributed by atoms with van der Waals surface area (Å²) in [7, 11) is 0. The summed E-state index contributed by atoms with van der Waals surface area (Å²) in [5.41, 5.74) is 1.22. The molecule has 1 aromatic rings. The van der Waals surface area contributed by atoms with Gasteiger partial charge >= 0.3 is 0 Å². The van der Waals surface area contributed by atoms with Crippen LogP contribution >= 0.6 is 0 Å². The van der Waals surface area contributed by atoms with Gasteiger partial charge in [-0.25, -0.2) is 0 Å². The molecule has 1 amide bonds. The quantitative estimate of drug-likeness (QED) is 0.823. The highest BCUT2D eigenvalue weighted by atomic mass is 16.5. The Morgan fingerprint density at radius 2 is 1.96 bits per heavy atom. The molecule has 0 radical (unpaired) electrons. The molecule has 2 heterocycles. The summed E-state index contributed by atoms with van der Waals surface area (Å²) in [5.74, 6) is -0.197. The zero-order chi connectivity index (χ0) is 18.5. The Morgan fingerprint density at radius 3 is 2.62 bits per heavy atom. The van der Waals surface area contributed by atoms with Gasteiger partial charge in [0.25, 0.3) is 5.91 Å². The summed E-state index contributed by atoms with van der Waals surface area (Å²) in [6, 6.07) is 9.06. The molecule has 2 unspecified atom stereocenters. The number of amides is 1. The van der Waals surface area contributed by atoms with Crippen LogP contribution in [-0.2, 0) is 14.3 Å². The first-order valence-electron chi connectivity index (χ1n) is 9.08. The molecule has 2 aliphatic rings. The van der Waals surface area contributed by atoms with Gasteiger partial charge in [0.15, 0.2) is 5.78 Å². The lowest BCUT2D eigenvalue weighted by Crippen LogP contribution is -2.47. The van der Waals surface area contributed by atoms with Gasteiger partial charge in [0.1, 0.15) is 11.8 Å². The second-order valence-electron chi connectivity index (χ2n) is 6.84. The molecule has 140 valence electrons. The van der Waals surface area contributed by atoms with Crippen LogP contribution in [0.1, 0.15) is 20.3 Å². The van der Waals surface area contributed by atoms with Crippen molar-refractivity contribution < 1.29 is 14.3 Å². The van der Waals surface area contributed by atoms with E-state index >= 15 is 0 Å². The standard InChI is InChI=1S/C19H26N4O3/c1-14(13-22-8-10-26-11-9-22)20-19(25)17-12-18(15(2)24)23(21-17)16-6-4-3-5-7-16/h3-7,14,18H,8-13H2,1-2H3,(H,20,25). The van der Waals surface area contributed by atoms with E-state index in [1.54, 1.807) is 5.01 Å². The van der Waals surface area contributed by atoms with E-state index in [0.717, 1.165) is 38.5 Å². The molecule has 7 heteroatoms. The number of para-hydroxylation sites is 1. The topological polar surface area (TPSA) is 74.2 Å². The molecule has 0 bridgehead atoms. The number of carbonyl (C=O) groups excluding carboxylic acids is 2. The first-order chi connectivity index (χ1) is 12.5. The molecular weight excluding hydrogens is 332 g/mol. The van der Waals surface area contributed by atoms with E-state index in [4.69, 9.17) is 4.74 Å². The van der Waals surface area contributed by atoms with Crippen LogP contribution < -0.4 is 10.3 Å². The maximum Gasteiger partial charge on any atom is 0.267 e. The molecule has 0 spiro atoms. The van der Waals surface area contributed by atoms with Crippen molar-refractivity contribution in [3.8, 4) is 0 Å². The number of carbonyl (C=O) groups is 2. The van der Waals surface area contributed by atoms with E-state index < -0.39 is 6.04 Å². The SMILES string of the molecule is CC(=O)C1CC(C(=O)NC(C)CN2CCOCC2)=NN1c1ccccc1. The van der Waals surface area contributed by atoms with Gasteiger partial charge in [0, 0.05) is 32.1 Å². The van der Waals surface area contributed by atoms with Gasteiger partial charge in [-0.1, -0.05) is 18.2 Å². The average Bonchev–Trinajstić information content (AvgIpc) is 3.09. The summed E-state index contributed by atoms with van der Waals surface area (Å²) >= 11 is 0. The minimum absolute atomic E-state index is 0.00164. The second-order valence-corrected chi connectivity index (χ2v) is 6.84. The average molecular weight is 358 g/mol. The highest BCUT2D eigenvalue weighted by Gasteiger charge is 2.34. The lowest BCUT2D eigenvalue weighted by Gasteiger charge is -2.29. The Balaban J connectivity index is 1.63. The fraction of sp³-hybridized carbons (Fsp3) is 0.526. The molecule has 1 fully saturated rings.